The first-order valence-corrected chi connectivity index (χ1v) is 44.9. The van der Waals surface area contributed by atoms with Gasteiger partial charge in [0.1, 0.15) is 38.6 Å². The zero-order valence-corrected chi connectivity index (χ0v) is 57.2. The van der Waals surface area contributed by atoms with Crippen molar-refractivity contribution in [2.24, 2.45) is 5.89 Å². The summed E-state index contributed by atoms with van der Waals surface area (Å²) in [6.45, 7) is 40.8. The molecule has 1 atom stereocenters. The van der Waals surface area contributed by atoms with Crippen LogP contribution in [0.4, 0.5) is 11.6 Å². The van der Waals surface area contributed by atoms with Gasteiger partial charge in [-0.3, -0.25) is 9.59 Å². The Hall–Kier alpha value is -4.30. The minimum Gasteiger partial charge on any atom is -0.466 e. The maximum Gasteiger partial charge on any atom is 0.330 e. The maximum atomic E-state index is 12.2. The number of esters is 3. The van der Waals surface area contributed by atoms with Gasteiger partial charge < -0.3 is 43.0 Å². The van der Waals surface area contributed by atoms with Crippen molar-refractivity contribution >= 4 is 73.1 Å². The fourth-order valence-corrected chi connectivity index (χ4v) is 12.0. The molecule has 0 spiro atoms. The lowest BCUT2D eigenvalue weighted by Crippen LogP contribution is -2.33. The Morgan fingerprint density at radius 2 is 0.964 bits per heavy atom. The average Bonchev–Trinajstić information content (AvgIpc) is 2.20. The minimum absolute atomic E-state index is 0. The topological polar surface area (TPSA) is 183 Å². The number of ether oxygens (including phenoxy) is 7. The summed E-state index contributed by atoms with van der Waals surface area (Å²) in [6.07, 6.45) is 10.0. The third-order valence-electron chi connectivity index (χ3n) is 14.0. The van der Waals surface area contributed by atoms with E-state index in [4.69, 9.17) is 41.1 Å². The van der Waals surface area contributed by atoms with Crippen LogP contribution in [0, 0.1) is 5.89 Å². The van der Waals surface area contributed by atoms with Gasteiger partial charge in [-0.05, 0) is 102 Å². The highest BCUT2D eigenvalue weighted by molar-refractivity contribution is 6.77. The third-order valence-corrected chi connectivity index (χ3v) is 20.8. The lowest BCUT2D eigenvalue weighted by atomic mass is 9.79. The Labute approximate surface area is 506 Å². The van der Waals surface area contributed by atoms with E-state index in [9.17, 15) is 14.4 Å². The highest BCUT2D eigenvalue weighted by Crippen LogP contribution is 2.39. The molecule has 0 bridgehead atoms. The van der Waals surface area contributed by atoms with Crippen molar-refractivity contribution in [1.29, 1.82) is 0 Å². The summed E-state index contributed by atoms with van der Waals surface area (Å²) in [5, 5.41) is 9.13. The van der Waals surface area contributed by atoms with Crippen LogP contribution in [-0.4, -0.2) is 153 Å². The molecule has 22 heteroatoms. The van der Waals surface area contributed by atoms with Crippen LogP contribution in [0.5, 0.6) is 0 Å². The molecule has 83 heavy (non-hydrogen) atoms. The molecule has 6 rings (SSSR count). The second-order valence-electron chi connectivity index (χ2n) is 26.3. The second-order valence-corrected chi connectivity index (χ2v) is 48.8. The van der Waals surface area contributed by atoms with Crippen molar-refractivity contribution < 1.29 is 50.3 Å². The standard InChI is InChI=1S/C28H50N4O4Si2.C28H48N4O4Si2.C4H8O2.CH4/c2*1-8-36-28(33)19-23-9-11-24(12-10-23)25-20-27(32-26(30-25)13-14-29-32)31(21-34-15-17-37(2,3)4)22-35-16-18-38(5,6)7;1-3-6-4(2)5;/h13-14,20,23-24H,8-12,15-19,21-22H2,1-7H3;13-14,19-20,24H,8-12,15-18,21-22H2,1-7H3;3H2,1-2H3;1H4/i19D,23D;;;. The Kier molecular flexibility index (Phi) is 30.1. The first kappa shape index (κ1) is 69.5. The summed E-state index contributed by atoms with van der Waals surface area (Å²) in [7, 11) is -4.78. The predicted molar refractivity (Wildman–Crippen MR) is 348 cm³/mol. The first-order chi connectivity index (χ1) is 39.4. The van der Waals surface area contributed by atoms with Gasteiger partial charge in [-0.25, -0.2) is 14.8 Å². The van der Waals surface area contributed by atoms with E-state index in [1.165, 1.54) is 12.5 Å². The van der Waals surface area contributed by atoms with Gasteiger partial charge in [0.05, 0.1) is 32.2 Å². The smallest absolute Gasteiger partial charge is 0.330 e. The molecule has 2 saturated carbocycles. The van der Waals surface area contributed by atoms with Crippen LogP contribution in [0.1, 0.15) is 119 Å². The van der Waals surface area contributed by atoms with E-state index in [0.717, 1.165) is 97.4 Å². The molecule has 2 aliphatic rings. The number of carbonyl (C=O) groups is 3. The Bertz CT molecular complexity index is 2610. The molecular weight excluding hydrogens is 1120 g/mol. The van der Waals surface area contributed by atoms with Gasteiger partial charge in [0, 0.05) is 128 Å². The van der Waals surface area contributed by atoms with Crippen LogP contribution >= 0.6 is 0 Å². The molecule has 0 aliphatic heterocycles. The van der Waals surface area contributed by atoms with Crippen molar-refractivity contribution in [3.63, 3.8) is 0 Å². The highest BCUT2D eigenvalue weighted by atomic mass is 28.3. The van der Waals surface area contributed by atoms with E-state index in [1.807, 2.05) is 28.1 Å². The van der Waals surface area contributed by atoms with Gasteiger partial charge in [-0.1, -0.05) is 91.6 Å². The third kappa shape index (κ3) is 28.6. The van der Waals surface area contributed by atoms with Crippen LogP contribution < -0.4 is 9.80 Å². The molecule has 4 heterocycles. The van der Waals surface area contributed by atoms with Gasteiger partial charge in [0.2, 0.25) is 0 Å². The van der Waals surface area contributed by atoms with E-state index < -0.39 is 50.6 Å². The van der Waals surface area contributed by atoms with Crippen LogP contribution in [0.15, 0.2) is 48.3 Å². The lowest BCUT2D eigenvalue weighted by Gasteiger charge is -2.30. The molecule has 4 aromatic rings. The summed E-state index contributed by atoms with van der Waals surface area (Å²) >= 11 is 0. The SMILES string of the molecule is C.CCOC(=O)C=C1CCC(c2cc(N(COCC[Si](C)(C)C)COCC[Si](C)(C)C)n3nccc3n2)CC1.CCOC(C)=O.[2H]C(C(=O)OCC)C1([2H])CCC(c2cc(N(COCC[Si](C)(C)C)COCC[Si](C)(C)C)n3nccc3n2)CC1. The van der Waals surface area contributed by atoms with Gasteiger partial charge in [-0.15, -0.1) is 0 Å². The zero-order valence-electron chi connectivity index (χ0n) is 55.2. The summed E-state index contributed by atoms with van der Waals surface area (Å²) in [5.41, 5.74) is 4.77. The molecule has 0 amide bonds. The average molecular weight is 1230 g/mol. The number of anilines is 2. The Morgan fingerprint density at radius 1 is 0.590 bits per heavy atom. The second kappa shape index (κ2) is 36.0. The van der Waals surface area contributed by atoms with Crippen LogP contribution in [0.25, 0.3) is 11.3 Å². The van der Waals surface area contributed by atoms with Crippen molar-refractivity contribution in [2.75, 3.05) is 83.0 Å². The van der Waals surface area contributed by atoms with Crippen molar-refractivity contribution in [3.05, 3.63) is 59.7 Å². The minimum atomic E-state index is -1.21. The van der Waals surface area contributed by atoms with Crippen LogP contribution in [0.3, 0.4) is 0 Å². The van der Waals surface area contributed by atoms with Crippen molar-refractivity contribution in [1.82, 2.24) is 29.2 Å². The number of rotatable bonds is 30. The summed E-state index contributed by atoms with van der Waals surface area (Å²) < 4.78 is 60.1. The summed E-state index contributed by atoms with van der Waals surface area (Å²) in [5.74, 6) is 0.105. The van der Waals surface area contributed by atoms with Crippen LogP contribution in [0.2, 0.25) is 103 Å². The van der Waals surface area contributed by atoms with Gasteiger partial charge in [0.15, 0.2) is 11.3 Å². The van der Waals surface area contributed by atoms with Gasteiger partial charge >= 0.3 is 17.9 Å². The van der Waals surface area contributed by atoms with Crippen molar-refractivity contribution in [2.45, 2.75) is 207 Å². The van der Waals surface area contributed by atoms with E-state index in [2.05, 4.69) is 115 Å². The summed E-state index contributed by atoms with van der Waals surface area (Å²) in [4.78, 5) is 48.0. The number of hydrogen-bond donors (Lipinski definition) is 0. The van der Waals surface area contributed by atoms with Crippen molar-refractivity contribution in [3.8, 4) is 0 Å². The fourth-order valence-electron chi connectivity index (χ4n) is 9.01. The number of nitrogens with zero attached hydrogens (tertiary/aromatic N) is 8. The Morgan fingerprint density at radius 3 is 1.30 bits per heavy atom. The predicted octanol–water partition coefficient (Wildman–Crippen LogP) is 13.9. The highest BCUT2D eigenvalue weighted by Gasteiger charge is 2.28. The zero-order chi connectivity index (χ0) is 62.3. The van der Waals surface area contributed by atoms with E-state index in [-0.39, 0.29) is 31.9 Å². The molecule has 1 unspecified atom stereocenters. The summed E-state index contributed by atoms with van der Waals surface area (Å²) in [6, 6.07) is 12.5. The molecule has 4 aromatic heterocycles. The normalized spacial score (nSPS) is 18.3. The largest absolute Gasteiger partial charge is 0.466 e. The van der Waals surface area contributed by atoms with E-state index in [1.54, 1.807) is 32.3 Å². The van der Waals surface area contributed by atoms with Crippen LogP contribution in [-0.2, 0) is 47.5 Å². The maximum absolute atomic E-state index is 12.2. The molecule has 470 valence electrons. The molecule has 18 nitrogen and oxygen atoms in total. The molecule has 0 radical (unpaired) electrons. The molecular formula is C61H110N8O10Si4. The quantitative estimate of drug-likeness (QED) is 0.0120. The molecule has 0 N–H and O–H groups in total. The fraction of sp³-hybridized carbons (Fsp3) is 0.721. The number of fused-ring (bicyclic) bond motifs is 2. The number of carbonyl (C=O) groups excluding carboxylic acids is 3. The van der Waals surface area contributed by atoms with E-state index >= 15 is 0 Å². The lowest BCUT2D eigenvalue weighted by molar-refractivity contribution is -0.144. The van der Waals surface area contributed by atoms with Gasteiger partial charge in [0.25, 0.3) is 0 Å². The number of aromatic nitrogens is 6. The number of allylic oxidation sites excluding steroid dienone is 1. The van der Waals surface area contributed by atoms with E-state index in [0.29, 0.717) is 85.0 Å². The molecule has 0 saturated heterocycles. The van der Waals surface area contributed by atoms with Gasteiger partial charge in [-0.2, -0.15) is 19.2 Å². The Balaban J connectivity index is 0.000000402. The monoisotopic (exact) mass is 1230 g/mol. The number of hydrogen-bond acceptors (Lipinski definition) is 16. The molecule has 2 fully saturated rings. The first-order valence-electron chi connectivity index (χ1n) is 31.1. The molecule has 0 aromatic carbocycles. The molecule has 2 aliphatic carbocycles.